The second kappa shape index (κ2) is 10.6. The van der Waals surface area contributed by atoms with Crippen molar-refractivity contribution in [3.63, 3.8) is 0 Å². The van der Waals surface area contributed by atoms with Gasteiger partial charge in [0.05, 0.1) is 21.6 Å². The van der Waals surface area contributed by atoms with Gasteiger partial charge in [0.2, 0.25) is 0 Å². The van der Waals surface area contributed by atoms with Gasteiger partial charge in [0.25, 0.3) is 5.56 Å². The topological polar surface area (TPSA) is 93.8 Å². The maximum absolute atomic E-state index is 13.2. The number of halogens is 3. The molecule has 1 aromatic heterocycles. The molecule has 3 rings (SSSR count). The predicted molar refractivity (Wildman–Crippen MR) is 132 cm³/mol. The van der Waals surface area contributed by atoms with Crippen molar-refractivity contribution in [2.75, 3.05) is 0 Å². The average molecular weight is 586 g/mol. The average Bonchev–Trinajstić information content (AvgIpc) is 2.74. The van der Waals surface area contributed by atoms with E-state index in [9.17, 15) is 14.7 Å². The molecule has 0 fully saturated rings. The van der Waals surface area contributed by atoms with Crippen LogP contribution in [0.1, 0.15) is 38.1 Å². The fraction of sp³-hybridized carbons (Fsp3) is 0.273. The van der Waals surface area contributed by atoms with Crippen LogP contribution in [0.25, 0.3) is 10.9 Å². The Labute approximate surface area is 206 Å². The second-order valence-corrected chi connectivity index (χ2v) is 9.27. The summed E-state index contributed by atoms with van der Waals surface area (Å²) < 4.78 is 8.09. The molecule has 0 aliphatic carbocycles. The minimum absolute atomic E-state index is 0.257. The maximum atomic E-state index is 13.2. The molecule has 0 aliphatic heterocycles. The lowest BCUT2D eigenvalue weighted by Gasteiger charge is -2.15. The number of hydrogen-bond acceptors (Lipinski definition) is 5. The molecule has 0 aliphatic rings. The van der Waals surface area contributed by atoms with Crippen LogP contribution in [0, 0.1) is 0 Å². The second-order valence-electron chi connectivity index (χ2n) is 7.06. The van der Waals surface area contributed by atoms with Crippen LogP contribution in [-0.2, 0) is 11.2 Å². The molecule has 0 saturated heterocycles. The van der Waals surface area contributed by atoms with Crippen molar-refractivity contribution >= 4 is 66.5 Å². The summed E-state index contributed by atoms with van der Waals surface area (Å²) in [4.78, 5) is 29.1. The fourth-order valence-electron chi connectivity index (χ4n) is 2.96. The molecule has 168 valence electrons. The number of aliphatic carboxylic acids is 1. The first kappa shape index (κ1) is 24.4. The van der Waals surface area contributed by atoms with Crippen molar-refractivity contribution in [1.29, 1.82) is 0 Å². The zero-order valence-corrected chi connectivity index (χ0v) is 21.2. The summed E-state index contributed by atoms with van der Waals surface area (Å²) >= 11 is 12.9. The van der Waals surface area contributed by atoms with Crippen LogP contribution in [0.4, 0.5) is 0 Å². The molecule has 1 atom stereocenters. The smallest absolute Gasteiger partial charge is 0.344 e. The van der Waals surface area contributed by atoms with Crippen molar-refractivity contribution in [2.45, 2.75) is 39.2 Å². The van der Waals surface area contributed by atoms with Crippen molar-refractivity contribution in [1.82, 2.24) is 9.66 Å². The van der Waals surface area contributed by atoms with Gasteiger partial charge >= 0.3 is 5.97 Å². The number of hydrogen-bond donors (Lipinski definition) is 1. The molecule has 2 aromatic carbocycles. The predicted octanol–water partition coefficient (Wildman–Crippen LogP) is 5.65. The summed E-state index contributed by atoms with van der Waals surface area (Å²) in [6, 6.07) is 8.51. The molecular formula is C22H20Br2ClN3O4. The zero-order chi connectivity index (χ0) is 23.4. The zero-order valence-electron chi connectivity index (χ0n) is 17.3. The van der Waals surface area contributed by atoms with Gasteiger partial charge < -0.3 is 9.84 Å². The third kappa shape index (κ3) is 5.57. The van der Waals surface area contributed by atoms with E-state index >= 15 is 0 Å². The molecule has 1 N–H and O–H groups in total. The van der Waals surface area contributed by atoms with Crippen LogP contribution < -0.4 is 10.3 Å². The highest BCUT2D eigenvalue weighted by molar-refractivity contribution is 9.10. The number of unbranched alkanes of at least 4 members (excludes halogenated alkanes) is 1. The van der Waals surface area contributed by atoms with Crippen LogP contribution >= 0.6 is 43.5 Å². The van der Waals surface area contributed by atoms with Gasteiger partial charge in [-0.05, 0) is 59.6 Å². The monoisotopic (exact) mass is 583 g/mol. The Bertz CT molecular complexity index is 1260. The number of aromatic nitrogens is 2. The van der Waals surface area contributed by atoms with E-state index < -0.39 is 12.1 Å². The van der Waals surface area contributed by atoms with Crippen molar-refractivity contribution in [3.05, 3.63) is 66.0 Å². The highest BCUT2D eigenvalue weighted by Crippen LogP contribution is 2.32. The molecule has 10 heteroatoms. The molecule has 0 saturated carbocycles. The summed E-state index contributed by atoms with van der Waals surface area (Å²) in [5.74, 6) is -0.324. The summed E-state index contributed by atoms with van der Waals surface area (Å²) in [5, 5.41) is 14.4. The SMILES string of the molecule is CCCCc1nc2ccc(Br)cc2c(=O)n1N=Cc1cc(Cl)cc(Br)c1O[C@@H](C)C(=O)O. The fourth-order valence-corrected chi connectivity index (χ4v) is 4.25. The molecule has 0 unspecified atom stereocenters. The van der Waals surface area contributed by atoms with E-state index in [-0.39, 0.29) is 11.3 Å². The van der Waals surface area contributed by atoms with Crippen LogP contribution in [0.3, 0.4) is 0 Å². The number of aryl methyl sites for hydroxylation is 1. The summed E-state index contributed by atoms with van der Waals surface area (Å²) in [5.41, 5.74) is 0.710. The number of benzene rings is 2. The van der Waals surface area contributed by atoms with E-state index in [1.807, 2.05) is 6.07 Å². The number of carbonyl (C=O) groups is 1. The third-order valence-electron chi connectivity index (χ3n) is 4.62. The highest BCUT2D eigenvalue weighted by Gasteiger charge is 2.18. The number of nitrogens with zero attached hydrogens (tertiary/aromatic N) is 3. The summed E-state index contributed by atoms with van der Waals surface area (Å²) in [6.45, 7) is 3.48. The molecule has 32 heavy (non-hydrogen) atoms. The van der Waals surface area contributed by atoms with Crippen LogP contribution in [-0.4, -0.2) is 33.1 Å². The van der Waals surface area contributed by atoms with Gasteiger partial charge in [0.1, 0.15) is 11.6 Å². The van der Waals surface area contributed by atoms with E-state index in [0.717, 1.165) is 17.3 Å². The van der Waals surface area contributed by atoms with E-state index in [0.29, 0.717) is 38.2 Å². The Hall–Kier alpha value is -2.23. The lowest BCUT2D eigenvalue weighted by molar-refractivity contribution is -0.144. The van der Waals surface area contributed by atoms with Gasteiger partial charge in [-0.2, -0.15) is 9.78 Å². The minimum atomic E-state index is -1.11. The van der Waals surface area contributed by atoms with Gasteiger partial charge in [-0.1, -0.05) is 40.9 Å². The van der Waals surface area contributed by atoms with Crippen LogP contribution in [0.15, 0.2) is 49.2 Å². The number of carboxylic acids is 1. The molecule has 0 amide bonds. The van der Waals surface area contributed by atoms with Crippen molar-refractivity contribution < 1.29 is 14.6 Å². The van der Waals surface area contributed by atoms with Gasteiger partial charge in [0.15, 0.2) is 6.10 Å². The molecule has 3 aromatic rings. The summed E-state index contributed by atoms with van der Waals surface area (Å²) in [7, 11) is 0. The third-order valence-corrected chi connectivity index (χ3v) is 5.92. The van der Waals surface area contributed by atoms with Gasteiger partial charge in [-0.3, -0.25) is 4.79 Å². The van der Waals surface area contributed by atoms with E-state index in [4.69, 9.17) is 16.3 Å². The first-order valence-corrected chi connectivity index (χ1v) is 11.8. The van der Waals surface area contributed by atoms with Crippen molar-refractivity contribution in [2.24, 2.45) is 5.10 Å². The van der Waals surface area contributed by atoms with E-state index in [1.165, 1.54) is 17.8 Å². The number of ether oxygens (including phenoxy) is 1. The lowest BCUT2D eigenvalue weighted by atomic mass is 10.2. The van der Waals surface area contributed by atoms with Crippen molar-refractivity contribution in [3.8, 4) is 5.75 Å². The normalized spacial score (nSPS) is 12.4. The minimum Gasteiger partial charge on any atom is -0.479 e. The first-order valence-electron chi connectivity index (χ1n) is 9.85. The lowest BCUT2D eigenvalue weighted by Crippen LogP contribution is -2.24. The Morgan fingerprint density at radius 3 is 2.78 bits per heavy atom. The number of rotatable bonds is 8. The molecule has 0 bridgehead atoms. The van der Waals surface area contributed by atoms with Crippen LogP contribution in [0.2, 0.25) is 5.02 Å². The van der Waals surface area contributed by atoms with E-state index in [2.05, 4.69) is 48.9 Å². The Morgan fingerprint density at radius 2 is 2.09 bits per heavy atom. The van der Waals surface area contributed by atoms with Gasteiger partial charge in [-0.25, -0.2) is 9.78 Å². The molecular weight excluding hydrogens is 566 g/mol. The molecule has 0 radical (unpaired) electrons. The molecule has 0 spiro atoms. The van der Waals surface area contributed by atoms with E-state index in [1.54, 1.807) is 24.3 Å². The van der Waals surface area contributed by atoms with Crippen LogP contribution in [0.5, 0.6) is 5.75 Å². The maximum Gasteiger partial charge on any atom is 0.344 e. The van der Waals surface area contributed by atoms with Gasteiger partial charge in [-0.15, -0.1) is 0 Å². The number of carboxylic acid groups (broad SMARTS) is 1. The summed E-state index contributed by atoms with van der Waals surface area (Å²) in [6.07, 6.45) is 2.68. The Balaban J connectivity index is 2.14. The number of fused-ring (bicyclic) bond motifs is 1. The van der Waals surface area contributed by atoms with Gasteiger partial charge in [0, 0.05) is 21.5 Å². The largest absolute Gasteiger partial charge is 0.479 e. The Kier molecular flexibility index (Phi) is 8.08. The highest BCUT2D eigenvalue weighted by atomic mass is 79.9. The quantitative estimate of drug-likeness (QED) is 0.345. The molecule has 7 nitrogen and oxygen atoms in total. The first-order chi connectivity index (χ1) is 15.2. The Morgan fingerprint density at radius 1 is 1.34 bits per heavy atom. The standard InChI is InChI=1S/C22H20Br2ClN3O4/c1-3-4-5-19-27-18-7-6-14(23)9-16(18)21(29)28(19)26-11-13-8-15(25)10-17(24)20(13)32-12(2)22(30)31/h6-12H,3-5H2,1-2H3,(H,30,31)/t12-/m0/s1. The molecule has 1 heterocycles.